The summed E-state index contributed by atoms with van der Waals surface area (Å²) in [5.41, 5.74) is 0. The van der Waals surface area contributed by atoms with Crippen molar-refractivity contribution in [2.24, 2.45) is 11.8 Å². The second kappa shape index (κ2) is 8.20. The van der Waals surface area contributed by atoms with Gasteiger partial charge in [-0.05, 0) is 43.9 Å². The number of hydrogen-bond donors (Lipinski definition) is 3. The molecule has 1 aliphatic heterocycles. The lowest BCUT2D eigenvalue weighted by Gasteiger charge is -2.41. The summed E-state index contributed by atoms with van der Waals surface area (Å²) in [6.07, 6.45) is 7.49. The van der Waals surface area contributed by atoms with Crippen LogP contribution in [0, 0.1) is 11.8 Å². The van der Waals surface area contributed by atoms with Crippen molar-refractivity contribution in [3.8, 4) is 0 Å². The van der Waals surface area contributed by atoms with Gasteiger partial charge in [0.15, 0.2) is 0 Å². The van der Waals surface area contributed by atoms with Crippen LogP contribution in [0.1, 0.15) is 38.5 Å². The number of nitrogens with zero attached hydrogens (tertiary/aromatic N) is 1. The Morgan fingerprint density at radius 3 is 2.53 bits per heavy atom. The Morgan fingerprint density at radius 1 is 1.05 bits per heavy atom. The van der Waals surface area contributed by atoms with Crippen LogP contribution >= 0.6 is 0 Å². The third-order valence-electron chi connectivity index (χ3n) is 4.67. The molecule has 1 saturated heterocycles. The topological polar surface area (TPSA) is 55.7 Å². The van der Waals surface area contributed by atoms with Gasteiger partial charge in [-0.1, -0.05) is 6.42 Å². The molecule has 1 heterocycles. The standard InChI is InChI=1S/C15H30N2O2/c18-7-2-5-14-9-15(16-6-8-19)12-17(11-14)10-13-3-1-4-13/h13-16,18-19H,1-12H2. The monoisotopic (exact) mass is 270 g/mol. The Morgan fingerprint density at radius 2 is 1.89 bits per heavy atom. The molecule has 2 unspecified atom stereocenters. The summed E-state index contributed by atoms with van der Waals surface area (Å²) >= 11 is 0. The van der Waals surface area contributed by atoms with Crippen LogP contribution in [0.4, 0.5) is 0 Å². The normalized spacial score (nSPS) is 29.4. The number of likely N-dealkylation sites (tertiary alicyclic amines) is 1. The van der Waals surface area contributed by atoms with E-state index in [1.165, 1.54) is 38.8 Å². The quantitative estimate of drug-likeness (QED) is 0.611. The first-order valence-electron chi connectivity index (χ1n) is 7.99. The highest BCUT2D eigenvalue weighted by atomic mass is 16.3. The number of aliphatic hydroxyl groups excluding tert-OH is 2. The lowest BCUT2D eigenvalue weighted by molar-refractivity contribution is 0.0936. The zero-order chi connectivity index (χ0) is 13.5. The molecule has 0 aromatic carbocycles. The minimum atomic E-state index is 0.223. The summed E-state index contributed by atoms with van der Waals surface area (Å²) < 4.78 is 0. The van der Waals surface area contributed by atoms with E-state index < -0.39 is 0 Å². The van der Waals surface area contributed by atoms with E-state index in [0.29, 0.717) is 25.1 Å². The number of piperidine rings is 1. The van der Waals surface area contributed by atoms with Crippen molar-refractivity contribution >= 4 is 0 Å². The molecule has 4 heteroatoms. The molecular formula is C15H30N2O2. The first kappa shape index (κ1) is 15.2. The minimum Gasteiger partial charge on any atom is -0.396 e. The molecule has 0 aromatic rings. The van der Waals surface area contributed by atoms with E-state index in [4.69, 9.17) is 10.2 Å². The fraction of sp³-hybridized carbons (Fsp3) is 1.00. The van der Waals surface area contributed by atoms with Gasteiger partial charge in [0, 0.05) is 38.8 Å². The van der Waals surface area contributed by atoms with Gasteiger partial charge in [0.1, 0.15) is 0 Å². The van der Waals surface area contributed by atoms with Crippen LogP contribution in [0.15, 0.2) is 0 Å². The van der Waals surface area contributed by atoms with Crippen molar-refractivity contribution in [3.63, 3.8) is 0 Å². The average molecular weight is 270 g/mol. The molecule has 4 nitrogen and oxygen atoms in total. The van der Waals surface area contributed by atoms with Gasteiger partial charge in [-0.2, -0.15) is 0 Å². The molecule has 2 fully saturated rings. The van der Waals surface area contributed by atoms with Gasteiger partial charge in [-0.3, -0.25) is 0 Å². The molecule has 0 amide bonds. The molecule has 0 aromatic heterocycles. The Kier molecular flexibility index (Phi) is 6.57. The number of nitrogens with one attached hydrogen (secondary N) is 1. The second-order valence-corrected chi connectivity index (χ2v) is 6.36. The lowest BCUT2D eigenvalue weighted by atomic mass is 9.83. The van der Waals surface area contributed by atoms with E-state index in [-0.39, 0.29) is 6.61 Å². The molecule has 1 saturated carbocycles. The SMILES string of the molecule is OCCCC1CC(NCCO)CN(CC2CCC2)C1. The minimum absolute atomic E-state index is 0.223. The molecule has 0 radical (unpaired) electrons. The van der Waals surface area contributed by atoms with Gasteiger partial charge in [0.2, 0.25) is 0 Å². The van der Waals surface area contributed by atoms with Gasteiger partial charge >= 0.3 is 0 Å². The van der Waals surface area contributed by atoms with E-state index in [0.717, 1.165) is 25.3 Å². The third kappa shape index (κ3) is 5.03. The van der Waals surface area contributed by atoms with Crippen LogP contribution in [0.2, 0.25) is 0 Å². The van der Waals surface area contributed by atoms with Crippen molar-refractivity contribution in [1.29, 1.82) is 0 Å². The summed E-state index contributed by atoms with van der Waals surface area (Å²) in [7, 11) is 0. The van der Waals surface area contributed by atoms with Crippen molar-refractivity contribution < 1.29 is 10.2 Å². The molecule has 2 aliphatic rings. The molecule has 19 heavy (non-hydrogen) atoms. The van der Waals surface area contributed by atoms with Crippen LogP contribution in [0.3, 0.4) is 0 Å². The molecule has 3 N–H and O–H groups in total. The maximum absolute atomic E-state index is 9.00. The van der Waals surface area contributed by atoms with Crippen LogP contribution in [0.5, 0.6) is 0 Å². The summed E-state index contributed by atoms with van der Waals surface area (Å²) in [6.45, 7) is 4.83. The van der Waals surface area contributed by atoms with E-state index >= 15 is 0 Å². The average Bonchev–Trinajstić information content (AvgIpc) is 2.38. The molecule has 0 spiro atoms. The van der Waals surface area contributed by atoms with Crippen LogP contribution < -0.4 is 5.32 Å². The Labute approximate surface area is 117 Å². The highest BCUT2D eigenvalue weighted by Gasteiger charge is 2.29. The van der Waals surface area contributed by atoms with Gasteiger partial charge in [0.25, 0.3) is 0 Å². The molecule has 0 bridgehead atoms. The van der Waals surface area contributed by atoms with Crippen molar-refractivity contribution in [2.45, 2.75) is 44.6 Å². The Bertz CT molecular complexity index is 230. The van der Waals surface area contributed by atoms with E-state index in [2.05, 4.69) is 10.2 Å². The van der Waals surface area contributed by atoms with E-state index in [9.17, 15) is 0 Å². The zero-order valence-corrected chi connectivity index (χ0v) is 12.1. The van der Waals surface area contributed by atoms with Crippen molar-refractivity contribution in [1.82, 2.24) is 10.2 Å². The predicted molar refractivity (Wildman–Crippen MR) is 77.1 cm³/mol. The number of rotatable bonds is 8. The molecule has 112 valence electrons. The fourth-order valence-electron chi connectivity index (χ4n) is 3.50. The molecule has 2 rings (SSSR count). The van der Waals surface area contributed by atoms with Crippen molar-refractivity contribution in [2.75, 3.05) is 39.4 Å². The highest BCUT2D eigenvalue weighted by molar-refractivity contribution is 4.85. The molecular weight excluding hydrogens is 240 g/mol. The molecule has 1 aliphatic carbocycles. The lowest BCUT2D eigenvalue weighted by Crippen LogP contribution is -2.51. The summed E-state index contributed by atoms with van der Waals surface area (Å²) in [4.78, 5) is 2.62. The second-order valence-electron chi connectivity index (χ2n) is 6.36. The van der Waals surface area contributed by atoms with Crippen LogP contribution in [-0.2, 0) is 0 Å². The maximum Gasteiger partial charge on any atom is 0.0556 e. The largest absolute Gasteiger partial charge is 0.396 e. The zero-order valence-electron chi connectivity index (χ0n) is 12.1. The van der Waals surface area contributed by atoms with E-state index in [1.54, 1.807) is 0 Å². The Hall–Kier alpha value is -0.160. The van der Waals surface area contributed by atoms with Gasteiger partial charge < -0.3 is 20.4 Å². The van der Waals surface area contributed by atoms with Gasteiger partial charge in [0.05, 0.1) is 6.61 Å². The van der Waals surface area contributed by atoms with Gasteiger partial charge in [-0.25, -0.2) is 0 Å². The smallest absolute Gasteiger partial charge is 0.0556 e. The van der Waals surface area contributed by atoms with Crippen LogP contribution in [-0.4, -0.2) is 60.5 Å². The number of hydrogen-bond acceptors (Lipinski definition) is 4. The van der Waals surface area contributed by atoms with Crippen molar-refractivity contribution in [3.05, 3.63) is 0 Å². The van der Waals surface area contributed by atoms with E-state index in [1.807, 2.05) is 0 Å². The summed E-state index contributed by atoms with van der Waals surface area (Å²) in [5.74, 6) is 1.63. The predicted octanol–water partition coefficient (Wildman–Crippen LogP) is 0.831. The maximum atomic E-state index is 9.00. The summed E-state index contributed by atoms with van der Waals surface area (Å²) in [6, 6.07) is 0.518. The fourth-order valence-corrected chi connectivity index (χ4v) is 3.50. The first-order chi connectivity index (χ1) is 9.31. The molecule has 2 atom stereocenters. The Balaban J connectivity index is 1.79. The van der Waals surface area contributed by atoms with Gasteiger partial charge in [-0.15, -0.1) is 0 Å². The third-order valence-corrected chi connectivity index (χ3v) is 4.67. The first-order valence-corrected chi connectivity index (χ1v) is 7.99. The number of aliphatic hydroxyl groups is 2. The highest BCUT2D eigenvalue weighted by Crippen LogP contribution is 2.29. The summed E-state index contributed by atoms with van der Waals surface area (Å²) in [5, 5.41) is 21.4. The van der Waals surface area contributed by atoms with Crippen LogP contribution in [0.25, 0.3) is 0 Å².